The van der Waals surface area contributed by atoms with Crippen LogP contribution in [0.3, 0.4) is 0 Å². The van der Waals surface area contributed by atoms with Gasteiger partial charge in [0.15, 0.2) is 0 Å². The summed E-state index contributed by atoms with van der Waals surface area (Å²) >= 11 is 0. The van der Waals surface area contributed by atoms with Crippen LogP contribution in [-0.2, 0) is 6.42 Å². The number of para-hydroxylation sites is 1. The Labute approximate surface area is 126 Å². The summed E-state index contributed by atoms with van der Waals surface area (Å²) in [6.45, 7) is 3.62. The Bertz CT molecular complexity index is 554. The zero-order chi connectivity index (χ0) is 15.1. The molecule has 0 unspecified atom stereocenters. The first kappa shape index (κ1) is 15.5. The van der Waals surface area contributed by atoms with Crippen LogP contribution in [0, 0.1) is 5.82 Å². The van der Waals surface area contributed by atoms with Crippen molar-refractivity contribution < 1.29 is 4.39 Å². The van der Waals surface area contributed by atoms with Crippen LogP contribution in [0.2, 0.25) is 0 Å². The summed E-state index contributed by atoms with van der Waals surface area (Å²) in [4.78, 5) is 2.26. The maximum atomic E-state index is 13.5. The van der Waals surface area contributed by atoms with E-state index in [-0.39, 0.29) is 5.82 Å². The van der Waals surface area contributed by atoms with Gasteiger partial charge in [-0.3, -0.25) is 0 Å². The number of hydrogen-bond donors (Lipinski definition) is 1. The summed E-state index contributed by atoms with van der Waals surface area (Å²) in [5.74, 6) is -0.203. The van der Waals surface area contributed by atoms with Crippen molar-refractivity contribution >= 4 is 11.4 Å². The van der Waals surface area contributed by atoms with Crippen LogP contribution >= 0.6 is 0 Å². The van der Waals surface area contributed by atoms with E-state index in [0.29, 0.717) is 13.0 Å². The van der Waals surface area contributed by atoms with Gasteiger partial charge in [0.1, 0.15) is 5.82 Å². The SMILES string of the molecule is CCCCN(c1ccccc1)c1ccc(F)cc1CCN. The third-order valence-electron chi connectivity index (χ3n) is 3.55. The fourth-order valence-electron chi connectivity index (χ4n) is 2.49. The third-order valence-corrected chi connectivity index (χ3v) is 3.55. The topological polar surface area (TPSA) is 29.3 Å². The van der Waals surface area contributed by atoms with Gasteiger partial charge in [-0.25, -0.2) is 4.39 Å². The molecule has 0 saturated carbocycles. The lowest BCUT2D eigenvalue weighted by molar-refractivity contribution is 0.625. The summed E-state index contributed by atoms with van der Waals surface area (Å²) in [6, 6.07) is 15.2. The van der Waals surface area contributed by atoms with Gasteiger partial charge in [-0.1, -0.05) is 31.5 Å². The number of anilines is 2. The van der Waals surface area contributed by atoms with Crippen LogP contribution in [0.25, 0.3) is 0 Å². The fraction of sp³-hybridized carbons (Fsp3) is 0.333. The molecule has 0 radical (unpaired) electrons. The van der Waals surface area contributed by atoms with E-state index in [1.807, 2.05) is 24.3 Å². The molecule has 0 spiro atoms. The molecular formula is C18H23FN2. The van der Waals surface area contributed by atoms with Crippen LogP contribution in [0.1, 0.15) is 25.3 Å². The maximum Gasteiger partial charge on any atom is 0.123 e. The summed E-state index contributed by atoms with van der Waals surface area (Å²) in [7, 11) is 0. The minimum Gasteiger partial charge on any atom is -0.341 e. The fourth-order valence-corrected chi connectivity index (χ4v) is 2.49. The van der Waals surface area contributed by atoms with Crippen LogP contribution < -0.4 is 10.6 Å². The number of rotatable bonds is 7. The first-order chi connectivity index (χ1) is 10.3. The highest BCUT2D eigenvalue weighted by Gasteiger charge is 2.13. The second-order valence-electron chi connectivity index (χ2n) is 5.15. The maximum absolute atomic E-state index is 13.5. The largest absolute Gasteiger partial charge is 0.341 e. The molecule has 0 aromatic heterocycles. The van der Waals surface area contributed by atoms with E-state index in [9.17, 15) is 4.39 Å². The number of benzene rings is 2. The van der Waals surface area contributed by atoms with Crippen LogP contribution in [0.5, 0.6) is 0 Å². The Hall–Kier alpha value is -1.87. The average molecular weight is 286 g/mol. The predicted octanol–water partition coefficient (Wildman–Crippen LogP) is 4.27. The van der Waals surface area contributed by atoms with Gasteiger partial charge in [0.2, 0.25) is 0 Å². The molecular weight excluding hydrogens is 263 g/mol. The molecule has 0 saturated heterocycles. The molecule has 0 bridgehead atoms. The first-order valence-corrected chi connectivity index (χ1v) is 7.57. The van der Waals surface area contributed by atoms with Crippen molar-refractivity contribution in [3.8, 4) is 0 Å². The zero-order valence-electron chi connectivity index (χ0n) is 12.6. The van der Waals surface area contributed by atoms with E-state index in [1.54, 1.807) is 6.07 Å². The number of nitrogens with two attached hydrogens (primary N) is 1. The van der Waals surface area contributed by atoms with Gasteiger partial charge < -0.3 is 10.6 Å². The van der Waals surface area contributed by atoms with Crippen LogP contribution in [0.15, 0.2) is 48.5 Å². The number of hydrogen-bond acceptors (Lipinski definition) is 2. The van der Waals surface area contributed by atoms with Crippen molar-refractivity contribution in [3.05, 3.63) is 59.9 Å². The molecule has 2 nitrogen and oxygen atoms in total. The lowest BCUT2D eigenvalue weighted by atomic mass is 10.1. The third kappa shape index (κ3) is 4.05. The molecule has 112 valence electrons. The molecule has 0 aliphatic carbocycles. The van der Waals surface area contributed by atoms with E-state index in [4.69, 9.17) is 5.73 Å². The van der Waals surface area contributed by atoms with Gasteiger partial charge in [-0.2, -0.15) is 0 Å². The Kier molecular flexibility index (Phi) is 5.76. The molecule has 2 N–H and O–H groups in total. The van der Waals surface area contributed by atoms with Crippen molar-refractivity contribution in [1.29, 1.82) is 0 Å². The van der Waals surface area contributed by atoms with Crippen LogP contribution in [0.4, 0.5) is 15.8 Å². The van der Waals surface area contributed by atoms with Crippen molar-refractivity contribution in [1.82, 2.24) is 0 Å². The van der Waals surface area contributed by atoms with Crippen LogP contribution in [-0.4, -0.2) is 13.1 Å². The summed E-state index contributed by atoms with van der Waals surface area (Å²) in [5, 5.41) is 0. The van der Waals surface area contributed by atoms with Gasteiger partial charge in [-0.05, 0) is 55.3 Å². The van der Waals surface area contributed by atoms with E-state index in [0.717, 1.165) is 36.3 Å². The summed E-state index contributed by atoms with van der Waals surface area (Å²) in [6.07, 6.45) is 2.90. The zero-order valence-corrected chi connectivity index (χ0v) is 12.6. The Morgan fingerprint density at radius 1 is 1.10 bits per heavy atom. The molecule has 0 aliphatic heterocycles. The molecule has 21 heavy (non-hydrogen) atoms. The Morgan fingerprint density at radius 2 is 1.86 bits per heavy atom. The summed E-state index contributed by atoms with van der Waals surface area (Å²) < 4.78 is 13.5. The lowest BCUT2D eigenvalue weighted by Gasteiger charge is -2.27. The van der Waals surface area contributed by atoms with Gasteiger partial charge in [0, 0.05) is 17.9 Å². The molecule has 2 rings (SSSR count). The second-order valence-corrected chi connectivity index (χ2v) is 5.15. The number of halogens is 1. The molecule has 0 atom stereocenters. The lowest BCUT2D eigenvalue weighted by Crippen LogP contribution is -2.20. The molecule has 0 fully saturated rings. The van der Waals surface area contributed by atoms with E-state index >= 15 is 0 Å². The molecule has 0 heterocycles. The van der Waals surface area contributed by atoms with E-state index < -0.39 is 0 Å². The van der Waals surface area contributed by atoms with Crippen molar-refractivity contribution in [2.75, 3.05) is 18.0 Å². The minimum absolute atomic E-state index is 0.203. The smallest absolute Gasteiger partial charge is 0.123 e. The molecule has 3 heteroatoms. The molecule has 2 aromatic carbocycles. The standard InChI is InChI=1S/C18H23FN2/c1-2-3-13-21(17-7-5-4-6-8-17)18-10-9-16(19)14-15(18)11-12-20/h4-10,14H,2-3,11-13,20H2,1H3. The van der Waals surface area contributed by atoms with Crippen molar-refractivity contribution in [3.63, 3.8) is 0 Å². The first-order valence-electron chi connectivity index (χ1n) is 7.57. The molecule has 0 aliphatic rings. The van der Waals surface area contributed by atoms with Gasteiger partial charge >= 0.3 is 0 Å². The van der Waals surface area contributed by atoms with E-state index in [1.165, 1.54) is 6.07 Å². The number of nitrogens with zero attached hydrogens (tertiary/aromatic N) is 1. The predicted molar refractivity (Wildman–Crippen MR) is 87.5 cm³/mol. The molecule has 2 aromatic rings. The highest BCUT2D eigenvalue weighted by atomic mass is 19.1. The van der Waals surface area contributed by atoms with Crippen molar-refractivity contribution in [2.45, 2.75) is 26.2 Å². The summed E-state index contributed by atoms with van der Waals surface area (Å²) in [5.41, 5.74) is 8.84. The molecule has 0 amide bonds. The number of unbranched alkanes of at least 4 members (excludes halogenated alkanes) is 1. The highest BCUT2D eigenvalue weighted by molar-refractivity contribution is 5.66. The average Bonchev–Trinajstić information content (AvgIpc) is 2.51. The van der Waals surface area contributed by atoms with Gasteiger partial charge in [0.25, 0.3) is 0 Å². The van der Waals surface area contributed by atoms with Gasteiger partial charge in [0.05, 0.1) is 0 Å². The second kappa shape index (κ2) is 7.79. The Balaban J connectivity index is 2.41. The minimum atomic E-state index is -0.203. The van der Waals surface area contributed by atoms with Gasteiger partial charge in [-0.15, -0.1) is 0 Å². The quantitative estimate of drug-likeness (QED) is 0.823. The normalized spacial score (nSPS) is 10.6. The van der Waals surface area contributed by atoms with Crippen molar-refractivity contribution in [2.24, 2.45) is 5.73 Å². The van der Waals surface area contributed by atoms with E-state index in [2.05, 4.69) is 24.0 Å². The highest BCUT2D eigenvalue weighted by Crippen LogP contribution is 2.29. The Morgan fingerprint density at radius 3 is 2.52 bits per heavy atom. The monoisotopic (exact) mass is 286 g/mol.